The summed E-state index contributed by atoms with van der Waals surface area (Å²) < 4.78 is 5.29. The van der Waals surface area contributed by atoms with Crippen molar-refractivity contribution in [3.63, 3.8) is 0 Å². The first-order chi connectivity index (χ1) is 10.7. The molecule has 1 fully saturated rings. The van der Waals surface area contributed by atoms with E-state index in [-0.39, 0.29) is 0 Å². The molecule has 2 aliphatic rings. The molecule has 0 bridgehead atoms. The highest BCUT2D eigenvalue weighted by Gasteiger charge is 2.19. The monoisotopic (exact) mass is 304 g/mol. The highest BCUT2D eigenvalue weighted by atomic mass is 16.5. The summed E-state index contributed by atoms with van der Waals surface area (Å²) in [5.74, 6) is 0. The summed E-state index contributed by atoms with van der Waals surface area (Å²) >= 11 is 0. The van der Waals surface area contributed by atoms with Gasteiger partial charge in [-0.15, -0.1) is 0 Å². The fourth-order valence-electron chi connectivity index (χ4n) is 3.24. The number of ether oxygens (including phenoxy) is 1. The Morgan fingerprint density at radius 2 is 1.59 bits per heavy atom. The Morgan fingerprint density at radius 1 is 1.05 bits per heavy atom. The minimum Gasteiger partial charge on any atom is -0.381 e. The zero-order valence-electron chi connectivity index (χ0n) is 14.5. The number of likely N-dealkylation sites (tertiary alicyclic amines) is 1. The van der Waals surface area contributed by atoms with Gasteiger partial charge in [0.2, 0.25) is 0 Å². The fourth-order valence-corrected chi connectivity index (χ4v) is 3.24. The molecule has 3 nitrogen and oxygen atoms in total. The third-order valence-corrected chi connectivity index (χ3v) is 4.80. The molecule has 1 aromatic rings. The molecule has 2 heterocycles. The molecule has 1 aromatic carbocycles. The molecule has 0 amide bonds. The van der Waals surface area contributed by atoms with E-state index in [1.807, 2.05) is 7.11 Å². The molecule has 0 spiro atoms. The lowest BCUT2D eigenvalue weighted by Crippen LogP contribution is -2.40. The summed E-state index contributed by atoms with van der Waals surface area (Å²) in [5, 5.41) is 3.39. The van der Waals surface area contributed by atoms with Crippen molar-refractivity contribution in [2.24, 2.45) is 0 Å². The van der Waals surface area contributed by atoms with E-state index in [2.05, 4.69) is 48.3 Å². The van der Waals surface area contributed by atoms with Crippen molar-refractivity contribution in [2.45, 2.75) is 51.7 Å². The van der Waals surface area contributed by atoms with Crippen LogP contribution in [0.2, 0.25) is 0 Å². The molecule has 0 aliphatic carbocycles. The van der Waals surface area contributed by atoms with Crippen molar-refractivity contribution in [3.05, 3.63) is 35.4 Å². The van der Waals surface area contributed by atoms with Crippen LogP contribution in [0.1, 0.15) is 37.8 Å². The van der Waals surface area contributed by atoms with Crippen LogP contribution in [0.5, 0.6) is 0 Å². The molecule has 0 aromatic heterocycles. The van der Waals surface area contributed by atoms with Gasteiger partial charge in [0.15, 0.2) is 0 Å². The second-order valence-electron chi connectivity index (χ2n) is 6.58. The van der Waals surface area contributed by atoms with Crippen LogP contribution >= 0.6 is 0 Å². The first-order valence-electron chi connectivity index (χ1n) is 8.75. The molecule has 1 saturated heterocycles. The van der Waals surface area contributed by atoms with E-state index in [0.717, 1.165) is 13.1 Å². The van der Waals surface area contributed by atoms with Gasteiger partial charge in [-0.3, -0.25) is 0 Å². The fraction of sp³-hybridized carbons (Fsp3) is 0.684. The van der Waals surface area contributed by atoms with Gasteiger partial charge in [-0.25, -0.2) is 0 Å². The predicted molar refractivity (Wildman–Crippen MR) is 93.5 cm³/mol. The average molecular weight is 304 g/mol. The Kier molecular flexibility index (Phi) is 7.37. The lowest BCUT2D eigenvalue weighted by atomic mass is 10.0. The van der Waals surface area contributed by atoms with Gasteiger partial charge >= 0.3 is 0 Å². The topological polar surface area (TPSA) is 24.5 Å². The Bertz CT molecular complexity index is 400. The Balaban J connectivity index is 0.000000160. The number of fused-ring (bicyclic) bond motifs is 1. The van der Waals surface area contributed by atoms with Crippen LogP contribution in [-0.2, 0) is 17.6 Å². The number of hydrogen-bond acceptors (Lipinski definition) is 3. The number of hydrogen-bond donors (Lipinski definition) is 1. The van der Waals surface area contributed by atoms with Crippen LogP contribution in [0.25, 0.3) is 0 Å². The quantitative estimate of drug-likeness (QED) is 0.909. The summed E-state index contributed by atoms with van der Waals surface area (Å²) in [6, 6.07) is 9.44. The maximum atomic E-state index is 5.29. The van der Waals surface area contributed by atoms with E-state index in [1.165, 1.54) is 49.9 Å². The molecule has 0 radical (unpaired) electrons. The molecule has 2 aliphatic heterocycles. The molecular weight excluding hydrogens is 272 g/mol. The summed E-state index contributed by atoms with van der Waals surface area (Å²) in [6.45, 7) is 9.20. The van der Waals surface area contributed by atoms with Crippen LogP contribution in [0.3, 0.4) is 0 Å². The zero-order valence-corrected chi connectivity index (χ0v) is 14.5. The van der Waals surface area contributed by atoms with Gasteiger partial charge in [0.25, 0.3) is 0 Å². The summed E-state index contributed by atoms with van der Waals surface area (Å²) in [7, 11) is 1.82. The SMILES string of the molecule is COC1CCN(C(C)C)CC1.c1ccc2c(c1)CCNCC2. The number of methoxy groups -OCH3 is 1. The maximum Gasteiger partial charge on any atom is 0.0595 e. The van der Waals surface area contributed by atoms with Crippen LogP contribution in [-0.4, -0.2) is 50.3 Å². The van der Waals surface area contributed by atoms with Crippen LogP contribution < -0.4 is 5.32 Å². The third-order valence-electron chi connectivity index (χ3n) is 4.80. The van der Waals surface area contributed by atoms with E-state index >= 15 is 0 Å². The molecule has 124 valence electrons. The largest absolute Gasteiger partial charge is 0.381 e. The molecule has 0 atom stereocenters. The Morgan fingerprint density at radius 3 is 2.05 bits per heavy atom. The Hall–Kier alpha value is -0.900. The molecular formula is C19H32N2O. The van der Waals surface area contributed by atoms with Gasteiger partial charge in [0, 0.05) is 26.2 Å². The maximum absolute atomic E-state index is 5.29. The number of rotatable bonds is 2. The molecule has 22 heavy (non-hydrogen) atoms. The van der Waals surface area contributed by atoms with Crippen molar-refractivity contribution < 1.29 is 4.74 Å². The second-order valence-corrected chi connectivity index (χ2v) is 6.58. The molecule has 0 unspecified atom stereocenters. The Labute approximate surface area is 136 Å². The van der Waals surface area contributed by atoms with E-state index in [9.17, 15) is 0 Å². The van der Waals surface area contributed by atoms with Gasteiger partial charge in [-0.2, -0.15) is 0 Å². The van der Waals surface area contributed by atoms with Crippen molar-refractivity contribution in [3.8, 4) is 0 Å². The average Bonchev–Trinajstić information content (AvgIpc) is 2.81. The number of piperidine rings is 1. The molecule has 3 heteroatoms. The number of nitrogens with zero attached hydrogens (tertiary/aromatic N) is 1. The molecule has 0 saturated carbocycles. The first kappa shape index (κ1) is 17.5. The standard InChI is InChI=1S/C10H13N.C9H19NO/c1-2-4-10-6-8-11-7-5-9(10)3-1;1-8(2)10-6-4-9(11-3)5-7-10/h1-4,11H,5-8H2;8-9H,4-7H2,1-3H3. The second kappa shape index (κ2) is 9.29. The van der Waals surface area contributed by atoms with Crippen LogP contribution in [0.15, 0.2) is 24.3 Å². The van der Waals surface area contributed by atoms with Crippen molar-refractivity contribution in [2.75, 3.05) is 33.3 Å². The lowest BCUT2D eigenvalue weighted by molar-refractivity contribution is 0.0321. The number of nitrogens with one attached hydrogen (secondary N) is 1. The predicted octanol–water partition coefficient (Wildman–Crippen LogP) is 2.88. The highest BCUT2D eigenvalue weighted by Crippen LogP contribution is 2.14. The number of benzene rings is 1. The van der Waals surface area contributed by atoms with Crippen molar-refractivity contribution in [1.29, 1.82) is 0 Å². The summed E-state index contributed by atoms with van der Waals surface area (Å²) in [4.78, 5) is 2.51. The molecule has 3 rings (SSSR count). The van der Waals surface area contributed by atoms with E-state index < -0.39 is 0 Å². The van der Waals surface area contributed by atoms with Gasteiger partial charge in [-0.1, -0.05) is 24.3 Å². The molecule has 1 N–H and O–H groups in total. The van der Waals surface area contributed by atoms with Crippen LogP contribution in [0, 0.1) is 0 Å². The van der Waals surface area contributed by atoms with Gasteiger partial charge in [-0.05, 0) is 63.7 Å². The van der Waals surface area contributed by atoms with Crippen molar-refractivity contribution >= 4 is 0 Å². The minimum absolute atomic E-state index is 0.519. The highest BCUT2D eigenvalue weighted by molar-refractivity contribution is 5.28. The van der Waals surface area contributed by atoms with Crippen molar-refractivity contribution in [1.82, 2.24) is 10.2 Å². The summed E-state index contributed by atoms with van der Waals surface area (Å²) in [5.41, 5.74) is 3.05. The minimum atomic E-state index is 0.519. The smallest absolute Gasteiger partial charge is 0.0595 e. The van der Waals surface area contributed by atoms with Gasteiger partial charge in [0.05, 0.1) is 6.10 Å². The van der Waals surface area contributed by atoms with Crippen LogP contribution in [0.4, 0.5) is 0 Å². The van der Waals surface area contributed by atoms with Gasteiger partial charge in [0.1, 0.15) is 0 Å². The third kappa shape index (κ3) is 5.38. The van der Waals surface area contributed by atoms with Gasteiger partial charge < -0.3 is 15.0 Å². The van der Waals surface area contributed by atoms with E-state index in [1.54, 1.807) is 0 Å². The lowest BCUT2D eigenvalue weighted by Gasteiger charge is -2.33. The van der Waals surface area contributed by atoms with E-state index in [0.29, 0.717) is 12.1 Å². The zero-order chi connectivity index (χ0) is 15.8. The first-order valence-corrected chi connectivity index (χ1v) is 8.75. The normalized spacial score (nSPS) is 20.0. The van der Waals surface area contributed by atoms with E-state index in [4.69, 9.17) is 4.74 Å². The summed E-state index contributed by atoms with van der Waals surface area (Å²) in [6.07, 6.45) is 5.31.